The van der Waals surface area contributed by atoms with Gasteiger partial charge in [-0.2, -0.15) is 5.10 Å². The van der Waals surface area contributed by atoms with E-state index in [1.165, 1.54) is 5.56 Å². The number of aliphatic hydroxyl groups excluding tert-OH is 1. The SMILES string of the molecule is CCNC(=NCc1ccc(OCCO)c(OC)c1)N1CCC(c2cnn(C)c2)C1.I. The number of methoxy groups -OCH3 is 1. The lowest BCUT2D eigenvalue weighted by Gasteiger charge is -2.21. The zero-order valence-corrected chi connectivity index (χ0v) is 20.2. The predicted octanol–water partition coefficient (Wildman–Crippen LogP) is 2.37. The van der Waals surface area contributed by atoms with E-state index in [4.69, 9.17) is 19.6 Å². The van der Waals surface area contributed by atoms with Crippen molar-refractivity contribution in [2.45, 2.75) is 25.8 Å². The van der Waals surface area contributed by atoms with Crippen LogP contribution in [0, 0.1) is 0 Å². The van der Waals surface area contributed by atoms with Crippen molar-refractivity contribution in [3.8, 4) is 11.5 Å². The summed E-state index contributed by atoms with van der Waals surface area (Å²) in [4.78, 5) is 7.16. The summed E-state index contributed by atoms with van der Waals surface area (Å²) >= 11 is 0. The van der Waals surface area contributed by atoms with E-state index in [0.717, 1.165) is 37.6 Å². The third-order valence-corrected chi connectivity index (χ3v) is 5.01. The molecular weight excluding hydrogens is 497 g/mol. The van der Waals surface area contributed by atoms with Gasteiger partial charge in [0.25, 0.3) is 0 Å². The van der Waals surface area contributed by atoms with Crippen molar-refractivity contribution >= 4 is 29.9 Å². The van der Waals surface area contributed by atoms with Crippen LogP contribution in [0.2, 0.25) is 0 Å². The fourth-order valence-corrected chi connectivity index (χ4v) is 3.55. The highest BCUT2D eigenvalue weighted by Crippen LogP contribution is 2.29. The largest absolute Gasteiger partial charge is 0.493 e. The monoisotopic (exact) mass is 529 g/mol. The third-order valence-electron chi connectivity index (χ3n) is 5.01. The first-order valence-electron chi connectivity index (χ1n) is 10.1. The molecule has 1 aromatic heterocycles. The van der Waals surface area contributed by atoms with Crippen LogP contribution < -0.4 is 14.8 Å². The van der Waals surface area contributed by atoms with Gasteiger partial charge in [0, 0.05) is 38.8 Å². The van der Waals surface area contributed by atoms with Gasteiger partial charge in [-0.25, -0.2) is 4.99 Å². The van der Waals surface area contributed by atoms with Crippen molar-refractivity contribution in [2.24, 2.45) is 12.0 Å². The standard InChI is InChI=1S/C21H31N5O3.HI/c1-4-22-21(26-8-7-17(15-26)18-13-24-25(2)14-18)23-12-16-5-6-19(29-10-9-27)20(11-16)28-3;/h5-6,11,13-14,17,27H,4,7-10,12,15H2,1-3H3,(H,22,23);1H. The van der Waals surface area contributed by atoms with Crippen LogP contribution in [0.5, 0.6) is 11.5 Å². The van der Waals surface area contributed by atoms with E-state index in [1.54, 1.807) is 7.11 Å². The second-order valence-electron chi connectivity index (χ2n) is 7.11. The average Bonchev–Trinajstić information content (AvgIpc) is 3.39. The molecule has 0 spiro atoms. The maximum Gasteiger partial charge on any atom is 0.194 e. The number of aromatic nitrogens is 2. The summed E-state index contributed by atoms with van der Waals surface area (Å²) in [5.74, 6) is 2.68. The fourth-order valence-electron chi connectivity index (χ4n) is 3.55. The van der Waals surface area contributed by atoms with Gasteiger partial charge in [-0.15, -0.1) is 24.0 Å². The van der Waals surface area contributed by atoms with Crippen molar-refractivity contribution in [3.05, 3.63) is 41.7 Å². The van der Waals surface area contributed by atoms with Crippen LogP contribution in [0.3, 0.4) is 0 Å². The molecule has 2 N–H and O–H groups in total. The molecular formula is C21H32IN5O3. The van der Waals surface area contributed by atoms with E-state index in [9.17, 15) is 0 Å². The highest BCUT2D eigenvalue weighted by atomic mass is 127. The Kier molecular flexibility index (Phi) is 9.70. The minimum atomic E-state index is -0.0306. The Bertz CT molecular complexity index is 827. The van der Waals surface area contributed by atoms with Crippen molar-refractivity contribution in [1.29, 1.82) is 0 Å². The van der Waals surface area contributed by atoms with Crippen LogP contribution in [0.4, 0.5) is 0 Å². The maximum atomic E-state index is 8.94. The molecule has 2 aromatic rings. The fraction of sp³-hybridized carbons (Fsp3) is 0.524. The molecule has 0 saturated carbocycles. The summed E-state index contributed by atoms with van der Waals surface area (Å²) in [5, 5.41) is 16.7. The molecule has 0 amide bonds. The van der Waals surface area contributed by atoms with Gasteiger partial charge in [-0.3, -0.25) is 4.68 Å². The second-order valence-corrected chi connectivity index (χ2v) is 7.11. The number of nitrogens with zero attached hydrogens (tertiary/aromatic N) is 4. The molecule has 3 rings (SSSR count). The van der Waals surface area contributed by atoms with Gasteiger partial charge in [0.15, 0.2) is 17.5 Å². The predicted molar refractivity (Wildman–Crippen MR) is 128 cm³/mol. The Hall–Kier alpha value is -2.01. The van der Waals surface area contributed by atoms with Gasteiger partial charge < -0.3 is 24.8 Å². The second kappa shape index (κ2) is 12.0. The number of guanidine groups is 1. The Balaban J connectivity index is 0.00000320. The molecule has 1 unspecified atom stereocenters. The van der Waals surface area contributed by atoms with E-state index in [-0.39, 0.29) is 37.2 Å². The summed E-state index contributed by atoms with van der Waals surface area (Å²) in [7, 11) is 3.57. The summed E-state index contributed by atoms with van der Waals surface area (Å²) in [5.41, 5.74) is 2.32. The van der Waals surface area contributed by atoms with E-state index in [1.807, 2.05) is 36.1 Å². The quantitative estimate of drug-likeness (QED) is 0.311. The lowest BCUT2D eigenvalue weighted by Crippen LogP contribution is -2.40. The van der Waals surface area contributed by atoms with Crippen molar-refractivity contribution in [2.75, 3.05) is 40.0 Å². The molecule has 1 fully saturated rings. The van der Waals surface area contributed by atoms with Crippen LogP contribution in [0.1, 0.15) is 30.4 Å². The number of aryl methyl sites for hydroxylation is 1. The molecule has 9 heteroatoms. The molecule has 166 valence electrons. The van der Waals surface area contributed by atoms with Crippen molar-refractivity contribution in [1.82, 2.24) is 20.0 Å². The number of hydrogen-bond acceptors (Lipinski definition) is 5. The van der Waals surface area contributed by atoms with Gasteiger partial charge in [0.1, 0.15) is 6.61 Å². The molecule has 1 aromatic carbocycles. The molecule has 1 atom stereocenters. The van der Waals surface area contributed by atoms with E-state index in [2.05, 4.69) is 28.4 Å². The van der Waals surface area contributed by atoms with Crippen molar-refractivity contribution < 1.29 is 14.6 Å². The summed E-state index contributed by atoms with van der Waals surface area (Å²) in [6.45, 7) is 5.58. The minimum absolute atomic E-state index is 0. The Morgan fingerprint density at radius 2 is 2.20 bits per heavy atom. The van der Waals surface area contributed by atoms with Crippen LogP contribution >= 0.6 is 24.0 Å². The summed E-state index contributed by atoms with van der Waals surface area (Å²) in [6.07, 6.45) is 5.16. The number of aliphatic imine (C=N–C) groups is 1. The van der Waals surface area contributed by atoms with Gasteiger partial charge in [0.2, 0.25) is 0 Å². The first-order valence-corrected chi connectivity index (χ1v) is 10.1. The minimum Gasteiger partial charge on any atom is -0.493 e. The molecule has 0 aliphatic carbocycles. The number of nitrogens with one attached hydrogen (secondary N) is 1. The zero-order valence-electron chi connectivity index (χ0n) is 17.9. The maximum absolute atomic E-state index is 8.94. The molecule has 30 heavy (non-hydrogen) atoms. The van der Waals surface area contributed by atoms with Gasteiger partial charge in [-0.1, -0.05) is 6.07 Å². The van der Waals surface area contributed by atoms with Gasteiger partial charge in [-0.05, 0) is 36.6 Å². The normalized spacial score (nSPS) is 16.3. The summed E-state index contributed by atoms with van der Waals surface area (Å²) in [6, 6.07) is 5.77. The van der Waals surface area contributed by atoms with Gasteiger partial charge >= 0.3 is 0 Å². The topological polar surface area (TPSA) is 84.1 Å². The van der Waals surface area contributed by atoms with E-state index < -0.39 is 0 Å². The van der Waals surface area contributed by atoms with Crippen LogP contribution in [-0.2, 0) is 13.6 Å². The Morgan fingerprint density at radius 1 is 1.37 bits per heavy atom. The van der Waals surface area contributed by atoms with Crippen LogP contribution in [-0.4, -0.2) is 65.7 Å². The number of rotatable bonds is 8. The molecule has 1 aliphatic heterocycles. The molecule has 0 radical (unpaired) electrons. The van der Waals surface area contributed by atoms with Crippen LogP contribution in [0.15, 0.2) is 35.6 Å². The number of benzene rings is 1. The molecule has 1 saturated heterocycles. The molecule has 0 bridgehead atoms. The lowest BCUT2D eigenvalue weighted by molar-refractivity contribution is 0.196. The Labute approximate surface area is 195 Å². The first kappa shape index (κ1) is 24.3. The highest BCUT2D eigenvalue weighted by Gasteiger charge is 2.26. The number of likely N-dealkylation sites (tertiary alicyclic amines) is 1. The smallest absolute Gasteiger partial charge is 0.194 e. The van der Waals surface area contributed by atoms with E-state index >= 15 is 0 Å². The average molecular weight is 529 g/mol. The van der Waals surface area contributed by atoms with E-state index in [0.29, 0.717) is 24.0 Å². The summed E-state index contributed by atoms with van der Waals surface area (Å²) < 4.78 is 12.8. The molecule has 8 nitrogen and oxygen atoms in total. The molecule has 2 heterocycles. The number of aliphatic hydroxyl groups is 1. The number of hydrogen-bond donors (Lipinski definition) is 2. The number of ether oxygens (including phenoxy) is 2. The first-order chi connectivity index (χ1) is 14.1. The number of halogens is 1. The molecule has 1 aliphatic rings. The highest BCUT2D eigenvalue weighted by molar-refractivity contribution is 14.0. The zero-order chi connectivity index (χ0) is 20.6. The Morgan fingerprint density at radius 3 is 2.87 bits per heavy atom. The third kappa shape index (κ3) is 6.24. The van der Waals surface area contributed by atoms with Crippen molar-refractivity contribution in [3.63, 3.8) is 0 Å². The lowest BCUT2D eigenvalue weighted by atomic mass is 10.0. The van der Waals surface area contributed by atoms with Crippen LogP contribution in [0.25, 0.3) is 0 Å². The van der Waals surface area contributed by atoms with Gasteiger partial charge in [0.05, 0.1) is 26.5 Å².